The summed E-state index contributed by atoms with van der Waals surface area (Å²) < 4.78 is 22.1. The van der Waals surface area contributed by atoms with Crippen LogP contribution >= 0.6 is 0 Å². The first kappa shape index (κ1) is 38.4. The van der Waals surface area contributed by atoms with Gasteiger partial charge in [-0.05, 0) is 77.6 Å². The van der Waals surface area contributed by atoms with Gasteiger partial charge < -0.3 is 33.0 Å². The maximum Gasteiger partial charge on any atom is 0.409 e. The largest absolute Gasteiger partial charge is 0.453 e. The van der Waals surface area contributed by atoms with Crippen molar-refractivity contribution >= 4 is 46.2 Å². The van der Waals surface area contributed by atoms with E-state index in [1.165, 1.54) is 31.1 Å². The van der Waals surface area contributed by atoms with E-state index in [4.69, 9.17) is 28.3 Å². The zero-order valence-corrected chi connectivity index (χ0v) is 32.9. The van der Waals surface area contributed by atoms with Crippen LogP contribution in [-0.2, 0) is 19.1 Å². The Kier molecular flexibility index (Phi) is 10.7. The molecule has 0 spiro atoms. The van der Waals surface area contributed by atoms with Crippen molar-refractivity contribution in [3.8, 4) is 22.3 Å². The Labute approximate surface area is 325 Å². The van der Waals surface area contributed by atoms with E-state index in [0.29, 0.717) is 53.5 Å². The summed E-state index contributed by atoms with van der Waals surface area (Å²) in [6.07, 6.45) is 1.12. The fourth-order valence-electron chi connectivity index (χ4n) is 8.07. The number of rotatable bonds is 9. The van der Waals surface area contributed by atoms with Gasteiger partial charge in [0.1, 0.15) is 35.7 Å². The molecule has 14 nitrogen and oxygen atoms in total. The highest BCUT2D eigenvalue weighted by atomic mass is 16.5. The van der Waals surface area contributed by atoms with Crippen LogP contribution in [0.4, 0.5) is 9.59 Å². The SMILES string of the molecule is COC(=O)N(C)CC(=O)N1CCC[C@H]1c1nc2cc(-c3ccc(-c4ccc5oc(C6C[C@H](C)CN6C(=O)[C@H](C(C)C)N(C)C(=O)OC)nc5c4)cc3)ccc2o1. The Morgan fingerprint density at radius 2 is 1.32 bits per heavy atom. The van der Waals surface area contributed by atoms with E-state index in [0.717, 1.165) is 35.1 Å². The molecule has 14 heteroatoms. The van der Waals surface area contributed by atoms with Crippen molar-refractivity contribution in [2.75, 3.05) is 47.9 Å². The second kappa shape index (κ2) is 15.7. The lowest BCUT2D eigenvalue weighted by Gasteiger charge is -2.34. The lowest BCUT2D eigenvalue weighted by molar-refractivity contribution is -0.139. The monoisotopic (exact) mass is 764 g/mol. The maximum absolute atomic E-state index is 13.9. The van der Waals surface area contributed by atoms with Crippen LogP contribution in [0.2, 0.25) is 0 Å². The topological polar surface area (TPSA) is 152 Å². The van der Waals surface area contributed by atoms with Crippen LogP contribution in [0.25, 0.3) is 44.5 Å². The molecular weight excluding hydrogens is 716 g/mol. The number of methoxy groups -OCH3 is 2. The minimum atomic E-state index is -0.682. The number of carbonyl (C=O) groups is 4. The minimum absolute atomic E-state index is 0.0876. The number of nitrogens with zero attached hydrogens (tertiary/aromatic N) is 6. The average molecular weight is 765 g/mol. The summed E-state index contributed by atoms with van der Waals surface area (Å²) in [7, 11) is 5.72. The Balaban J connectivity index is 1.07. The van der Waals surface area contributed by atoms with Crippen molar-refractivity contribution in [3.63, 3.8) is 0 Å². The molecule has 294 valence electrons. The molecule has 56 heavy (non-hydrogen) atoms. The third-order valence-electron chi connectivity index (χ3n) is 10.9. The third kappa shape index (κ3) is 7.39. The Morgan fingerprint density at radius 1 is 0.786 bits per heavy atom. The van der Waals surface area contributed by atoms with Crippen molar-refractivity contribution in [1.82, 2.24) is 29.6 Å². The molecule has 0 aliphatic carbocycles. The number of ether oxygens (including phenoxy) is 2. The lowest BCUT2D eigenvalue weighted by Crippen LogP contribution is -2.51. The van der Waals surface area contributed by atoms with Gasteiger partial charge in [0, 0.05) is 27.2 Å². The molecule has 3 aromatic carbocycles. The van der Waals surface area contributed by atoms with Gasteiger partial charge in [-0.3, -0.25) is 14.5 Å². The number of fused-ring (bicyclic) bond motifs is 2. The summed E-state index contributed by atoms with van der Waals surface area (Å²) in [6.45, 7) is 6.96. The Morgan fingerprint density at radius 3 is 1.86 bits per heavy atom. The number of oxazole rings is 2. The number of benzene rings is 3. The molecule has 2 saturated heterocycles. The van der Waals surface area contributed by atoms with Crippen LogP contribution in [0, 0.1) is 11.8 Å². The molecule has 5 aromatic rings. The second-order valence-electron chi connectivity index (χ2n) is 15.2. The Bertz CT molecular complexity index is 2260. The van der Waals surface area contributed by atoms with E-state index in [2.05, 4.69) is 31.2 Å². The number of likely N-dealkylation sites (N-methyl/N-ethyl adjacent to an activating group) is 2. The normalized spacial score (nSPS) is 18.8. The highest BCUT2D eigenvalue weighted by molar-refractivity contribution is 5.87. The minimum Gasteiger partial charge on any atom is -0.453 e. The van der Waals surface area contributed by atoms with Crippen LogP contribution in [0.5, 0.6) is 0 Å². The van der Waals surface area contributed by atoms with Gasteiger partial charge in [0.2, 0.25) is 23.6 Å². The number of aromatic nitrogens is 2. The molecule has 4 heterocycles. The van der Waals surface area contributed by atoms with Crippen molar-refractivity contribution in [2.45, 2.75) is 58.2 Å². The third-order valence-corrected chi connectivity index (χ3v) is 10.9. The molecule has 2 aliphatic heterocycles. The molecule has 0 saturated carbocycles. The summed E-state index contributed by atoms with van der Waals surface area (Å²) >= 11 is 0. The number of hydrogen-bond acceptors (Lipinski definition) is 10. The summed E-state index contributed by atoms with van der Waals surface area (Å²) in [4.78, 5) is 67.1. The molecule has 4 atom stereocenters. The standard InChI is InChI=1S/C42H48N6O8/c1-24(2)37(46(5)42(52)54-7)40(50)48-22-25(3)19-33(48)39-44-31-21-29(15-17-35(31)56-39)27-12-10-26(11-13-27)28-14-16-34-30(20-28)43-38(55-34)32-9-8-18-47(32)36(49)23-45(4)41(51)53-6/h10-17,20-21,24-25,32-33,37H,8-9,18-19,22-23H2,1-7H3/t25-,32-,33?,37-/m0/s1. The van der Waals surface area contributed by atoms with Crippen molar-refractivity contribution in [1.29, 1.82) is 0 Å². The van der Waals surface area contributed by atoms with Gasteiger partial charge in [-0.2, -0.15) is 0 Å². The van der Waals surface area contributed by atoms with E-state index in [-0.39, 0.29) is 42.3 Å². The van der Waals surface area contributed by atoms with Crippen molar-refractivity contribution in [2.24, 2.45) is 11.8 Å². The van der Waals surface area contributed by atoms with Crippen LogP contribution in [0.3, 0.4) is 0 Å². The molecule has 0 radical (unpaired) electrons. The summed E-state index contributed by atoms with van der Waals surface area (Å²) in [5, 5.41) is 0. The van der Waals surface area contributed by atoms with Gasteiger partial charge in [-0.15, -0.1) is 0 Å². The highest BCUT2D eigenvalue weighted by Crippen LogP contribution is 2.39. The molecule has 0 N–H and O–H groups in total. The Hall–Kier alpha value is -5.92. The zero-order valence-electron chi connectivity index (χ0n) is 32.9. The van der Waals surface area contributed by atoms with E-state index in [1.54, 1.807) is 16.8 Å². The lowest BCUT2D eigenvalue weighted by atomic mass is 10.00. The summed E-state index contributed by atoms with van der Waals surface area (Å²) in [5.74, 6) is 0.742. The molecule has 0 bridgehead atoms. The maximum atomic E-state index is 13.9. The van der Waals surface area contributed by atoms with Crippen LogP contribution in [0.15, 0.2) is 69.5 Å². The van der Waals surface area contributed by atoms with Crippen LogP contribution in [-0.4, -0.2) is 108 Å². The fourth-order valence-corrected chi connectivity index (χ4v) is 8.07. The number of amides is 4. The quantitative estimate of drug-likeness (QED) is 0.150. The molecule has 2 aliphatic rings. The molecular formula is C42H48N6O8. The summed E-state index contributed by atoms with van der Waals surface area (Å²) in [6, 6.07) is 18.7. The predicted molar refractivity (Wildman–Crippen MR) is 208 cm³/mol. The number of likely N-dealkylation sites (tertiary alicyclic amines) is 2. The van der Waals surface area contributed by atoms with E-state index < -0.39 is 18.2 Å². The van der Waals surface area contributed by atoms with Gasteiger partial charge in [0.25, 0.3) is 0 Å². The van der Waals surface area contributed by atoms with Gasteiger partial charge in [0.05, 0.1) is 14.2 Å². The first-order valence-electron chi connectivity index (χ1n) is 19.0. The van der Waals surface area contributed by atoms with Crippen molar-refractivity contribution < 1.29 is 37.5 Å². The molecule has 1 unspecified atom stereocenters. The average Bonchev–Trinajstić information content (AvgIpc) is 4.01. The second-order valence-corrected chi connectivity index (χ2v) is 15.2. The molecule has 4 amide bonds. The number of hydrogen-bond donors (Lipinski definition) is 0. The fraction of sp³-hybridized carbons (Fsp3) is 0.429. The number of carbonyl (C=O) groups excluding carboxylic acids is 4. The zero-order chi connectivity index (χ0) is 39.8. The van der Waals surface area contributed by atoms with E-state index in [9.17, 15) is 19.2 Å². The molecule has 2 aromatic heterocycles. The smallest absolute Gasteiger partial charge is 0.409 e. The summed E-state index contributed by atoms with van der Waals surface area (Å²) in [5.41, 5.74) is 6.63. The van der Waals surface area contributed by atoms with E-state index >= 15 is 0 Å². The van der Waals surface area contributed by atoms with Gasteiger partial charge >= 0.3 is 12.2 Å². The van der Waals surface area contributed by atoms with Crippen LogP contribution in [0.1, 0.15) is 63.9 Å². The molecule has 7 rings (SSSR count). The van der Waals surface area contributed by atoms with Crippen molar-refractivity contribution in [3.05, 3.63) is 72.4 Å². The van der Waals surface area contributed by atoms with E-state index in [1.807, 2.05) is 50.2 Å². The molecule has 2 fully saturated rings. The van der Waals surface area contributed by atoms with Gasteiger partial charge in [-0.1, -0.05) is 57.2 Å². The first-order chi connectivity index (χ1) is 26.9. The van der Waals surface area contributed by atoms with Gasteiger partial charge in [0.15, 0.2) is 11.2 Å². The van der Waals surface area contributed by atoms with Crippen LogP contribution < -0.4 is 0 Å². The van der Waals surface area contributed by atoms with Gasteiger partial charge in [-0.25, -0.2) is 19.6 Å². The highest BCUT2D eigenvalue weighted by Gasteiger charge is 2.43. The predicted octanol–water partition coefficient (Wildman–Crippen LogP) is 7.30. The first-order valence-corrected chi connectivity index (χ1v) is 19.0.